The van der Waals surface area contributed by atoms with Crippen molar-refractivity contribution in [1.82, 2.24) is 19.4 Å². The van der Waals surface area contributed by atoms with Crippen molar-refractivity contribution in [3.63, 3.8) is 0 Å². The molecule has 1 aromatic carbocycles. The Kier molecular flexibility index (Phi) is 4.85. The highest BCUT2D eigenvalue weighted by Crippen LogP contribution is 2.25. The van der Waals surface area contributed by atoms with E-state index in [1.165, 1.54) is 27.7 Å². The van der Waals surface area contributed by atoms with Gasteiger partial charge in [-0.3, -0.25) is 4.90 Å². The molecule has 0 amide bonds. The Morgan fingerprint density at radius 2 is 2.15 bits per heavy atom. The monoisotopic (exact) mass is 346 g/mol. The van der Waals surface area contributed by atoms with Crippen molar-refractivity contribution in [2.45, 2.75) is 45.8 Å². The number of hydrogen-bond acceptors (Lipinski definition) is 3. The first-order valence-corrected chi connectivity index (χ1v) is 9.52. The molecule has 0 radical (unpaired) electrons. The highest BCUT2D eigenvalue weighted by molar-refractivity contribution is 5.84. The van der Waals surface area contributed by atoms with Crippen molar-refractivity contribution in [1.29, 1.82) is 0 Å². The third-order valence-electron chi connectivity index (χ3n) is 5.13. The van der Waals surface area contributed by atoms with E-state index in [4.69, 9.17) is 4.98 Å². The fraction of sp³-hybridized carbons (Fsp3) is 0.364. The largest absolute Gasteiger partial charge is 0.343 e. The van der Waals surface area contributed by atoms with Crippen molar-refractivity contribution >= 4 is 10.9 Å². The van der Waals surface area contributed by atoms with Crippen LogP contribution in [0.1, 0.15) is 36.0 Å². The molecule has 4 heteroatoms. The van der Waals surface area contributed by atoms with Crippen LogP contribution in [0, 0.1) is 0 Å². The number of hydrogen-bond donors (Lipinski definition) is 0. The van der Waals surface area contributed by atoms with Crippen molar-refractivity contribution in [3.05, 3.63) is 72.0 Å². The normalized spacial score (nSPS) is 14.5. The molecule has 3 heterocycles. The summed E-state index contributed by atoms with van der Waals surface area (Å²) in [6, 6.07) is 8.64. The van der Waals surface area contributed by atoms with Crippen LogP contribution in [0.4, 0.5) is 0 Å². The molecule has 2 aromatic heterocycles. The molecule has 4 nitrogen and oxygen atoms in total. The minimum absolute atomic E-state index is 0.845. The molecule has 134 valence electrons. The number of aromatic nitrogens is 3. The van der Waals surface area contributed by atoms with Crippen LogP contribution in [0.15, 0.2) is 49.3 Å². The molecule has 3 aromatic rings. The third-order valence-corrected chi connectivity index (χ3v) is 5.13. The van der Waals surface area contributed by atoms with E-state index in [-0.39, 0.29) is 0 Å². The van der Waals surface area contributed by atoms with Gasteiger partial charge in [0.15, 0.2) is 0 Å². The van der Waals surface area contributed by atoms with Gasteiger partial charge in [0.25, 0.3) is 0 Å². The minimum Gasteiger partial charge on any atom is -0.343 e. The molecule has 0 unspecified atom stereocenters. The zero-order valence-electron chi connectivity index (χ0n) is 15.5. The van der Waals surface area contributed by atoms with Crippen molar-refractivity contribution in [2.24, 2.45) is 0 Å². The van der Waals surface area contributed by atoms with Gasteiger partial charge in [-0.15, -0.1) is 6.58 Å². The summed E-state index contributed by atoms with van der Waals surface area (Å²) >= 11 is 0. The van der Waals surface area contributed by atoms with Crippen LogP contribution in [-0.4, -0.2) is 26.0 Å². The molecule has 1 aliphatic heterocycles. The smallest absolute Gasteiger partial charge is 0.128 e. The van der Waals surface area contributed by atoms with E-state index >= 15 is 0 Å². The molecule has 0 atom stereocenters. The first kappa shape index (κ1) is 17.0. The maximum atomic E-state index is 4.77. The van der Waals surface area contributed by atoms with Crippen LogP contribution in [0.5, 0.6) is 0 Å². The molecule has 0 saturated heterocycles. The van der Waals surface area contributed by atoms with Gasteiger partial charge in [-0.05, 0) is 18.1 Å². The molecule has 4 rings (SSSR count). The lowest BCUT2D eigenvalue weighted by atomic mass is 10.1. The van der Waals surface area contributed by atoms with E-state index in [9.17, 15) is 0 Å². The number of allylic oxidation sites excluding steroid dienone is 1. The molecular formula is C22H26N4. The first-order valence-electron chi connectivity index (χ1n) is 9.52. The van der Waals surface area contributed by atoms with Crippen molar-refractivity contribution in [2.75, 3.05) is 6.54 Å². The second kappa shape index (κ2) is 7.42. The van der Waals surface area contributed by atoms with Gasteiger partial charge in [0.1, 0.15) is 5.82 Å². The van der Waals surface area contributed by atoms with Gasteiger partial charge in [-0.25, -0.2) is 9.97 Å². The molecule has 0 bridgehead atoms. The van der Waals surface area contributed by atoms with Crippen molar-refractivity contribution < 1.29 is 0 Å². The quantitative estimate of drug-likeness (QED) is 0.629. The van der Waals surface area contributed by atoms with Gasteiger partial charge in [-0.2, -0.15) is 0 Å². The van der Waals surface area contributed by atoms with Crippen LogP contribution in [0.25, 0.3) is 10.9 Å². The van der Waals surface area contributed by atoms with Crippen LogP contribution in [-0.2, 0) is 32.5 Å². The van der Waals surface area contributed by atoms with E-state index in [2.05, 4.69) is 58.4 Å². The zero-order valence-corrected chi connectivity index (χ0v) is 15.5. The molecule has 0 spiro atoms. The Morgan fingerprint density at radius 1 is 1.27 bits per heavy atom. The number of fused-ring (bicyclic) bond motifs is 2. The first-order chi connectivity index (χ1) is 12.8. The van der Waals surface area contributed by atoms with Crippen molar-refractivity contribution in [3.8, 4) is 0 Å². The van der Waals surface area contributed by atoms with Crippen LogP contribution >= 0.6 is 0 Å². The summed E-state index contributed by atoms with van der Waals surface area (Å²) in [7, 11) is 0. The average molecular weight is 346 g/mol. The van der Waals surface area contributed by atoms with Gasteiger partial charge < -0.3 is 4.57 Å². The average Bonchev–Trinajstić information content (AvgIpc) is 3.00. The molecule has 0 fully saturated rings. The second-order valence-corrected chi connectivity index (χ2v) is 7.08. The molecular weight excluding hydrogens is 320 g/mol. The Labute approximate surface area is 155 Å². The van der Waals surface area contributed by atoms with E-state index < -0.39 is 0 Å². The standard InChI is InChI=1S/C22H26N4/c1-3-7-22-23-13-17-14-25(12-10-20(17)24-22)15-18-16-26(11-4-2)21-9-6-5-8-19(18)21/h4-6,8-9,13,16H,2-3,7,10-12,14-15H2,1H3. The summed E-state index contributed by atoms with van der Waals surface area (Å²) < 4.78 is 2.29. The number of nitrogens with zero attached hydrogens (tertiary/aromatic N) is 4. The van der Waals surface area contributed by atoms with Crippen LogP contribution < -0.4 is 0 Å². The maximum absolute atomic E-state index is 4.77. The summed E-state index contributed by atoms with van der Waals surface area (Å²) in [6.45, 7) is 9.85. The number of benzene rings is 1. The van der Waals surface area contributed by atoms with E-state index in [1.807, 2.05) is 12.3 Å². The summed E-state index contributed by atoms with van der Waals surface area (Å²) in [5, 5.41) is 1.34. The Morgan fingerprint density at radius 3 is 3.00 bits per heavy atom. The van der Waals surface area contributed by atoms with Gasteiger partial charge in [0, 0.05) is 73.6 Å². The predicted octanol–water partition coefficient (Wildman–Crippen LogP) is 4.13. The molecule has 1 aliphatic rings. The van der Waals surface area contributed by atoms with Crippen LogP contribution in [0.2, 0.25) is 0 Å². The Bertz CT molecular complexity index is 925. The van der Waals surface area contributed by atoms with E-state index in [0.717, 1.165) is 51.3 Å². The fourth-order valence-electron chi connectivity index (χ4n) is 3.87. The lowest BCUT2D eigenvalue weighted by Crippen LogP contribution is -2.31. The summed E-state index contributed by atoms with van der Waals surface area (Å²) in [5.74, 6) is 0.993. The second-order valence-electron chi connectivity index (χ2n) is 7.08. The Balaban J connectivity index is 1.55. The van der Waals surface area contributed by atoms with E-state index in [1.54, 1.807) is 0 Å². The van der Waals surface area contributed by atoms with Gasteiger partial charge in [-0.1, -0.05) is 31.2 Å². The highest BCUT2D eigenvalue weighted by Gasteiger charge is 2.20. The Hall–Kier alpha value is -2.46. The lowest BCUT2D eigenvalue weighted by molar-refractivity contribution is 0.243. The molecule has 0 aliphatic carbocycles. The van der Waals surface area contributed by atoms with Gasteiger partial charge in [0.2, 0.25) is 0 Å². The minimum atomic E-state index is 0.845. The summed E-state index contributed by atoms with van der Waals surface area (Å²) in [5.41, 5.74) is 5.20. The van der Waals surface area contributed by atoms with Gasteiger partial charge >= 0.3 is 0 Å². The van der Waals surface area contributed by atoms with Crippen LogP contribution in [0.3, 0.4) is 0 Å². The topological polar surface area (TPSA) is 34.0 Å². The molecule has 0 N–H and O–H groups in total. The highest BCUT2D eigenvalue weighted by atomic mass is 15.1. The lowest BCUT2D eigenvalue weighted by Gasteiger charge is -2.27. The number of rotatable bonds is 6. The fourth-order valence-corrected chi connectivity index (χ4v) is 3.87. The molecule has 0 saturated carbocycles. The predicted molar refractivity (Wildman–Crippen MR) is 106 cm³/mol. The summed E-state index contributed by atoms with van der Waals surface area (Å²) in [4.78, 5) is 11.8. The SMILES string of the molecule is C=CCn1cc(CN2CCc3nc(CCC)ncc3C2)c2ccccc21. The summed E-state index contributed by atoms with van der Waals surface area (Å²) in [6.07, 6.45) is 9.36. The molecule has 26 heavy (non-hydrogen) atoms. The maximum Gasteiger partial charge on any atom is 0.128 e. The number of aryl methyl sites for hydroxylation is 1. The number of para-hydroxylation sites is 1. The van der Waals surface area contributed by atoms with Gasteiger partial charge in [0.05, 0.1) is 0 Å². The van der Waals surface area contributed by atoms with E-state index in [0.29, 0.717) is 0 Å². The zero-order chi connectivity index (χ0) is 17.9. The third kappa shape index (κ3) is 3.29.